The predicted octanol–water partition coefficient (Wildman–Crippen LogP) is 2.10. The van der Waals surface area contributed by atoms with Gasteiger partial charge in [-0.1, -0.05) is 0 Å². The number of pyridine rings is 1. The standard InChI is InChI=1S/C12H19N3O/c1-13-10-5-11(8-14-7-10)15-9-3-4-12(6-9)16-2/h5,7-9,12-13,15H,3-4,6H2,1-2H3. The highest BCUT2D eigenvalue weighted by Crippen LogP contribution is 2.25. The number of nitrogens with zero attached hydrogens (tertiary/aromatic N) is 1. The molecule has 1 aliphatic rings. The van der Waals surface area contributed by atoms with E-state index in [0.717, 1.165) is 24.2 Å². The van der Waals surface area contributed by atoms with Gasteiger partial charge >= 0.3 is 0 Å². The van der Waals surface area contributed by atoms with Gasteiger partial charge in [-0.15, -0.1) is 0 Å². The van der Waals surface area contributed by atoms with Gasteiger partial charge in [-0.05, 0) is 25.3 Å². The second kappa shape index (κ2) is 5.16. The first-order valence-corrected chi connectivity index (χ1v) is 5.74. The molecular formula is C12H19N3O. The molecule has 0 aliphatic heterocycles. The van der Waals surface area contributed by atoms with Crippen molar-refractivity contribution in [2.75, 3.05) is 24.8 Å². The van der Waals surface area contributed by atoms with E-state index in [2.05, 4.69) is 21.7 Å². The Morgan fingerprint density at radius 2 is 2.12 bits per heavy atom. The number of ether oxygens (including phenoxy) is 1. The predicted molar refractivity (Wildman–Crippen MR) is 65.8 cm³/mol. The summed E-state index contributed by atoms with van der Waals surface area (Å²) in [5.74, 6) is 0. The van der Waals surface area contributed by atoms with Crippen molar-refractivity contribution in [3.05, 3.63) is 18.5 Å². The molecule has 4 heteroatoms. The van der Waals surface area contributed by atoms with Crippen molar-refractivity contribution in [2.24, 2.45) is 0 Å². The molecule has 1 fully saturated rings. The van der Waals surface area contributed by atoms with Crippen LogP contribution in [0.4, 0.5) is 11.4 Å². The Labute approximate surface area is 96.4 Å². The van der Waals surface area contributed by atoms with Gasteiger partial charge in [-0.2, -0.15) is 0 Å². The second-order valence-electron chi connectivity index (χ2n) is 4.22. The van der Waals surface area contributed by atoms with Gasteiger partial charge in [-0.25, -0.2) is 0 Å². The van der Waals surface area contributed by atoms with Crippen molar-refractivity contribution in [3.63, 3.8) is 0 Å². The van der Waals surface area contributed by atoms with E-state index in [1.807, 2.05) is 19.4 Å². The van der Waals surface area contributed by atoms with E-state index < -0.39 is 0 Å². The Hall–Kier alpha value is -1.29. The summed E-state index contributed by atoms with van der Waals surface area (Å²) in [6.45, 7) is 0. The average Bonchev–Trinajstić information content (AvgIpc) is 2.77. The van der Waals surface area contributed by atoms with Crippen LogP contribution in [0.15, 0.2) is 18.5 Å². The maximum atomic E-state index is 5.36. The molecule has 0 aromatic carbocycles. The Balaban J connectivity index is 1.94. The number of anilines is 2. The smallest absolute Gasteiger partial charge is 0.0591 e. The third-order valence-corrected chi connectivity index (χ3v) is 3.12. The monoisotopic (exact) mass is 221 g/mol. The van der Waals surface area contributed by atoms with E-state index in [1.54, 1.807) is 7.11 Å². The summed E-state index contributed by atoms with van der Waals surface area (Å²) in [5.41, 5.74) is 2.11. The Morgan fingerprint density at radius 1 is 1.31 bits per heavy atom. The summed E-state index contributed by atoms with van der Waals surface area (Å²) in [7, 11) is 3.69. The zero-order valence-corrected chi connectivity index (χ0v) is 9.86. The van der Waals surface area contributed by atoms with Crippen LogP contribution in [0.25, 0.3) is 0 Å². The fourth-order valence-electron chi connectivity index (χ4n) is 2.18. The topological polar surface area (TPSA) is 46.2 Å². The van der Waals surface area contributed by atoms with Crippen LogP contribution in [-0.4, -0.2) is 31.3 Å². The van der Waals surface area contributed by atoms with Crippen molar-refractivity contribution in [1.82, 2.24) is 4.98 Å². The van der Waals surface area contributed by atoms with Crippen LogP contribution in [0, 0.1) is 0 Å². The van der Waals surface area contributed by atoms with Crippen LogP contribution in [0.5, 0.6) is 0 Å². The zero-order valence-electron chi connectivity index (χ0n) is 9.86. The van der Waals surface area contributed by atoms with Gasteiger partial charge in [0.2, 0.25) is 0 Å². The Kier molecular flexibility index (Phi) is 3.62. The van der Waals surface area contributed by atoms with Gasteiger partial charge in [0.15, 0.2) is 0 Å². The van der Waals surface area contributed by atoms with Gasteiger partial charge in [0.05, 0.1) is 29.9 Å². The molecule has 0 spiro atoms. The average molecular weight is 221 g/mol. The lowest BCUT2D eigenvalue weighted by Crippen LogP contribution is -2.17. The maximum Gasteiger partial charge on any atom is 0.0591 e. The van der Waals surface area contributed by atoms with Gasteiger partial charge < -0.3 is 15.4 Å². The fourth-order valence-corrected chi connectivity index (χ4v) is 2.18. The van der Waals surface area contributed by atoms with Crippen molar-refractivity contribution < 1.29 is 4.74 Å². The number of methoxy groups -OCH3 is 1. The molecule has 1 aromatic heterocycles. The van der Waals surface area contributed by atoms with E-state index in [0.29, 0.717) is 12.1 Å². The summed E-state index contributed by atoms with van der Waals surface area (Å²) in [6.07, 6.45) is 7.49. The van der Waals surface area contributed by atoms with E-state index in [-0.39, 0.29) is 0 Å². The van der Waals surface area contributed by atoms with E-state index in [1.165, 1.54) is 6.42 Å². The normalized spacial score (nSPS) is 24.4. The number of hydrogen-bond donors (Lipinski definition) is 2. The number of hydrogen-bond acceptors (Lipinski definition) is 4. The molecule has 0 bridgehead atoms. The molecule has 0 amide bonds. The van der Waals surface area contributed by atoms with Crippen LogP contribution in [0.1, 0.15) is 19.3 Å². The minimum Gasteiger partial charge on any atom is -0.387 e. The molecule has 1 aliphatic carbocycles. The van der Waals surface area contributed by atoms with Crippen molar-refractivity contribution in [2.45, 2.75) is 31.4 Å². The third kappa shape index (κ3) is 2.64. The maximum absolute atomic E-state index is 5.36. The molecule has 1 heterocycles. The summed E-state index contributed by atoms with van der Waals surface area (Å²) >= 11 is 0. The molecule has 16 heavy (non-hydrogen) atoms. The summed E-state index contributed by atoms with van der Waals surface area (Å²) in [4.78, 5) is 4.18. The fraction of sp³-hybridized carbons (Fsp3) is 0.583. The molecule has 0 saturated heterocycles. The minimum atomic E-state index is 0.415. The number of aromatic nitrogens is 1. The largest absolute Gasteiger partial charge is 0.387 e. The van der Waals surface area contributed by atoms with E-state index >= 15 is 0 Å². The molecule has 2 rings (SSSR count). The highest BCUT2D eigenvalue weighted by atomic mass is 16.5. The second-order valence-corrected chi connectivity index (χ2v) is 4.22. The first kappa shape index (κ1) is 11.2. The zero-order chi connectivity index (χ0) is 11.4. The summed E-state index contributed by atoms with van der Waals surface area (Å²) < 4.78 is 5.36. The molecule has 2 N–H and O–H groups in total. The van der Waals surface area contributed by atoms with Gasteiger partial charge in [0, 0.05) is 20.2 Å². The highest BCUT2D eigenvalue weighted by Gasteiger charge is 2.24. The molecule has 88 valence electrons. The first-order valence-electron chi connectivity index (χ1n) is 5.74. The van der Waals surface area contributed by atoms with Crippen molar-refractivity contribution >= 4 is 11.4 Å². The van der Waals surface area contributed by atoms with Crippen LogP contribution in [0.2, 0.25) is 0 Å². The van der Waals surface area contributed by atoms with E-state index in [4.69, 9.17) is 4.74 Å². The van der Waals surface area contributed by atoms with Crippen LogP contribution < -0.4 is 10.6 Å². The molecule has 2 unspecified atom stereocenters. The minimum absolute atomic E-state index is 0.415. The third-order valence-electron chi connectivity index (χ3n) is 3.12. The van der Waals surface area contributed by atoms with Crippen LogP contribution in [0.3, 0.4) is 0 Å². The molecule has 2 atom stereocenters. The van der Waals surface area contributed by atoms with Crippen molar-refractivity contribution in [1.29, 1.82) is 0 Å². The number of nitrogens with one attached hydrogen (secondary N) is 2. The highest BCUT2D eigenvalue weighted by molar-refractivity contribution is 5.54. The lowest BCUT2D eigenvalue weighted by atomic mass is 10.2. The molecule has 0 radical (unpaired) electrons. The molecule has 1 aromatic rings. The van der Waals surface area contributed by atoms with Crippen LogP contribution >= 0.6 is 0 Å². The van der Waals surface area contributed by atoms with Crippen LogP contribution in [-0.2, 0) is 4.74 Å². The SMILES string of the molecule is CNc1cncc(NC2CCC(OC)C2)c1. The molecule has 1 saturated carbocycles. The molecule has 4 nitrogen and oxygen atoms in total. The van der Waals surface area contributed by atoms with Gasteiger partial charge in [0.25, 0.3) is 0 Å². The van der Waals surface area contributed by atoms with E-state index in [9.17, 15) is 0 Å². The first-order chi connectivity index (χ1) is 7.81. The quantitative estimate of drug-likeness (QED) is 0.817. The Morgan fingerprint density at radius 3 is 2.81 bits per heavy atom. The number of rotatable bonds is 4. The lowest BCUT2D eigenvalue weighted by Gasteiger charge is -2.14. The molecular weight excluding hydrogens is 202 g/mol. The van der Waals surface area contributed by atoms with Crippen molar-refractivity contribution in [3.8, 4) is 0 Å². The Bertz CT molecular complexity index is 343. The van der Waals surface area contributed by atoms with Gasteiger partial charge in [-0.3, -0.25) is 4.98 Å². The lowest BCUT2D eigenvalue weighted by molar-refractivity contribution is 0.108. The van der Waals surface area contributed by atoms with Gasteiger partial charge in [0.1, 0.15) is 0 Å². The summed E-state index contributed by atoms with van der Waals surface area (Å²) in [6, 6.07) is 2.59. The summed E-state index contributed by atoms with van der Waals surface area (Å²) in [5, 5.41) is 6.58.